The van der Waals surface area contributed by atoms with Crippen LogP contribution in [-0.4, -0.2) is 73.0 Å². The van der Waals surface area contributed by atoms with Crippen LogP contribution in [0, 0.1) is 0 Å². The van der Waals surface area contributed by atoms with Crippen LogP contribution >= 0.6 is 11.6 Å². The summed E-state index contributed by atoms with van der Waals surface area (Å²) in [5.74, 6) is -4.50. The first-order chi connectivity index (χ1) is 13.0. The third-order valence-electron chi connectivity index (χ3n) is 3.30. The van der Waals surface area contributed by atoms with E-state index >= 15 is 0 Å². The van der Waals surface area contributed by atoms with Crippen molar-refractivity contribution in [1.29, 1.82) is 0 Å². The summed E-state index contributed by atoms with van der Waals surface area (Å²) in [6.07, 6.45) is -6.97. The number of carbonyl (C=O) groups is 5. The smallest absolute Gasteiger partial charge is 0.321 e. The molecule has 5 atom stereocenters. The van der Waals surface area contributed by atoms with E-state index in [9.17, 15) is 24.0 Å². The largest absolute Gasteiger partial charge is 0.463 e. The van der Waals surface area contributed by atoms with E-state index in [-0.39, 0.29) is 0 Å². The van der Waals surface area contributed by atoms with Crippen molar-refractivity contribution in [3.8, 4) is 0 Å². The molecule has 158 valence electrons. The summed E-state index contributed by atoms with van der Waals surface area (Å²) in [6.45, 7) is 3.96. The van der Waals surface area contributed by atoms with Gasteiger partial charge in [0.15, 0.2) is 12.2 Å². The van der Waals surface area contributed by atoms with Crippen LogP contribution in [0.4, 0.5) is 0 Å². The molecule has 0 aromatic rings. The van der Waals surface area contributed by atoms with Gasteiger partial charge >= 0.3 is 29.8 Å². The quantitative estimate of drug-likeness (QED) is 0.306. The summed E-state index contributed by atoms with van der Waals surface area (Å²) in [5, 5.41) is 0. The molecule has 0 N–H and O–H groups in total. The van der Waals surface area contributed by atoms with E-state index in [0.29, 0.717) is 0 Å². The van der Waals surface area contributed by atoms with E-state index in [1.165, 1.54) is 0 Å². The minimum Gasteiger partial charge on any atom is -0.463 e. The molecule has 1 aliphatic heterocycles. The molecule has 0 radical (unpaired) electrons. The summed E-state index contributed by atoms with van der Waals surface area (Å²) in [4.78, 5) is 57.4. The van der Waals surface area contributed by atoms with Gasteiger partial charge in [-0.1, -0.05) is 0 Å². The second-order valence-corrected chi connectivity index (χ2v) is 5.96. The summed E-state index contributed by atoms with van der Waals surface area (Å²) in [7, 11) is 0. The molecule has 0 bridgehead atoms. The summed E-state index contributed by atoms with van der Waals surface area (Å²) < 4.78 is 30.8. The molecular weight excluding hydrogens is 404 g/mol. The van der Waals surface area contributed by atoms with Crippen LogP contribution in [0.25, 0.3) is 0 Å². The minimum atomic E-state index is -1.54. The van der Waals surface area contributed by atoms with Crippen molar-refractivity contribution in [1.82, 2.24) is 0 Å². The molecule has 1 fully saturated rings. The molecule has 12 heteroatoms. The Morgan fingerprint density at radius 3 is 1.75 bits per heavy atom. The van der Waals surface area contributed by atoms with Crippen molar-refractivity contribution in [3.63, 3.8) is 0 Å². The van der Waals surface area contributed by atoms with E-state index in [4.69, 9.17) is 40.0 Å². The zero-order chi connectivity index (χ0) is 21.4. The molecule has 0 amide bonds. The lowest BCUT2D eigenvalue weighted by Gasteiger charge is -2.43. The Kier molecular flexibility index (Phi) is 9.13. The van der Waals surface area contributed by atoms with E-state index in [2.05, 4.69) is 0 Å². The normalized spacial score (nSPS) is 26.5. The van der Waals surface area contributed by atoms with Gasteiger partial charge < -0.3 is 28.4 Å². The second-order valence-electron chi connectivity index (χ2n) is 5.69. The molecule has 1 saturated heterocycles. The lowest BCUT2D eigenvalue weighted by Crippen LogP contribution is -2.63. The molecule has 0 aromatic carbocycles. The number of hydrogen-bond acceptors (Lipinski definition) is 11. The summed E-state index contributed by atoms with van der Waals surface area (Å²) in [6, 6.07) is 0. The van der Waals surface area contributed by atoms with Crippen molar-refractivity contribution in [2.45, 2.75) is 58.4 Å². The molecule has 0 aliphatic carbocycles. The van der Waals surface area contributed by atoms with Crippen molar-refractivity contribution in [2.75, 3.05) is 12.5 Å². The van der Waals surface area contributed by atoms with Gasteiger partial charge in [0.05, 0.1) is 0 Å². The highest BCUT2D eigenvalue weighted by molar-refractivity contribution is 6.26. The van der Waals surface area contributed by atoms with Gasteiger partial charge in [-0.2, -0.15) is 0 Å². The molecule has 28 heavy (non-hydrogen) atoms. The lowest BCUT2D eigenvalue weighted by atomic mass is 9.98. The van der Waals surface area contributed by atoms with Crippen LogP contribution in [0.2, 0.25) is 0 Å². The molecular formula is C16H21ClO11. The SMILES string of the molecule is CC(=O)OC[C@H]1O[C@H](OC(C)=O)[C@H](OC(=O)CCl)[C@@H](OC(C)=O)[C@H]1OC(C)=O. The van der Waals surface area contributed by atoms with Gasteiger partial charge in [-0.25, -0.2) is 0 Å². The van der Waals surface area contributed by atoms with E-state index in [0.717, 1.165) is 27.7 Å². The molecule has 0 saturated carbocycles. The Balaban J connectivity index is 3.31. The molecule has 0 unspecified atom stereocenters. The third kappa shape index (κ3) is 7.31. The molecule has 11 nitrogen and oxygen atoms in total. The number of carbonyl (C=O) groups excluding carboxylic acids is 5. The maximum atomic E-state index is 11.7. The van der Waals surface area contributed by atoms with Crippen LogP contribution in [0.3, 0.4) is 0 Å². The monoisotopic (exact) mass is 424 g/mol. The van der Waals surface area contributed by atoms with Crippen molar-refractivity contribution >= 4 is 41.4 Å². The average molecular weight is 425 g/mol. The third-order valence-corrected chi connectivity index (χ3v) is 3.52. The number of esters is 5. The zero-order valence-electron chi connectivity index (χ0n) is 15.7. The highest BCUT2D eigenvalue weighted by atomic mass is 35.5. The fourth-order valence-electron chi connectivity index (χ4n) is 2.44. The van der Waals surface area contributed by atoms with Crippen molar-refractivity contribution in [2.24, 2.45) is 0 Å². The number of ether oxygens (including phenoxy) is 6. The van der Waals surface area contributed by atoms with E-state index < -0.39 is 73.0 Å². The van der Waals surface area contributed by atoms with Crippen LogP contribution < -0.4 is 0 Å². The minimum absolute atomic E-state index is 0.418. The van der Waals surface area contributed by atoms with Gasteiger partial charge in [0.25, 0.3) is 0 Å². The van der Waals surface area contributed by atoms with E-state index in [1.54, 1.807) is 0 Å². The predicted octanol–water partition coefficient (Wildman–Crippen LogP) is -0.148. The van der Waals surface area contributed by atoms with Gasteiger partial charge in [-0.05, 0) is 0 Å². The topological polar surface area (TPSA) is 141 Å². The van der Waals surface area contributed by atoms with Crippen LogP contribution in [0.15, 0.2) is 0 Å². The Hall–Kier alpha value is -2.40. The highest BCUT2D eigenvalue weighted by Crippen LogP contribution is 2.30. The Bertz CT molecular complexity index is 620. The van der Waals surface area contributed by atoms with Gasteiger partial charge in [-0.3, -0.25) is 24.0 Å². The Morgan fingerprint density at radius 1 is 0.750 bits per heavy atom. The van der Waals surface area contributed by atoms with Crippen LogP contribution in [-0.2, 0) is 52.4 Å². The first-order valence-corrected chi connectivity index (χ1v) is 8.64. The molecule has 0 spiro atoms. The van der Waals surface area contributed by atoms with Gasteiger partial charge in [0.1, 0.15) is 18.6 Å². The van der Waals surface area contributed by atoms with E-state index in [1.807, 2.05) is 0 Å². The maximum Gasteiger partial charge on any atom is 0.321 e. The molecule has 0 aromatic heterocycles. The molecule has 1 heterocycles. The summed E-state index contributed by atoms with van der Waals surface area (Å²) in [5.41, 5.74) is 0. The fourth-order valence-corrected chi connectivity index (χ4v) is 2.50. The average Bonchev–Trinajstić information content (AvgIpc) is 2.56. The Labute approximate surface area is 165 Å². The van der Waals surface area contributed by atoms with Crippen LogP contribution in [0.5, 0.6) is 0 Å². The van der Waals surface area contributed by atoms with Gasteiger partial charge in [0, 0.05) is 27.7 Å². The number of halogens is 1. The number of hydrogen-bond donors (Lipinski definition) is 0. The van der Waals surface area contributed by atoms with Gasteiger partial charge in [-0.15, -0.1) is 11.6 Å². The number of rotatable bonds is 7. The predicted molar refractivity (Wildman–Crippen MR) is 88.8 cm³/mol. The van der Waals surface area contributed by atoms with Crippen LogP contribution in [0.1, 0.15) is 27.7 Å². The van der Waals surface area contributed by atoms with Crippen molar-refractivity contribution in [3.05, 3.63) is 0 Å². The standard InChI is InChI=1S/C16H21ClO11/c1-7(18)23-6-11-13(24-8(2)19)14(25-9(3)20)15(28-12(22)5-17)16(27-11)26-10(4)21/h11,13-16H,5-6H2,1-4H3/t11-,13+,14+,15-,16+/m1/s1. The highest BCUT2D eigenvalue weighted by Gasteiger charge is 2.53. The van der Waals surface area contributed by atoms with Crippen molar-refractivity contribution < 1.29 is 52.4 Å². The lowest BCUT2D eigenvalue weighted by molar-refractivity contribution is -0.300. The summed E-state index contributed by atoms with van der Waals surface area (Å²) >= 11 is 5.44. The first kappa shape index (κ1) is 23.6. The Morgan fingerprint density at radius 2 is 1.29 bits per heavy atom. The zero-order valence-corrected chi connectivity index (χ0v) is 16.4. The maximum absolute atomic E-state index is 11.7. The second kappa shape index (κ2) is 10.8. The molecule has 1 rings (SSSR count). The first-order valence-electron chi connectivity index (χ1n) is 8.11. The molecule has 1 aliphatic rings. The number of alkyl halides is 1. The van der Waals surface area contributed by atoms with Gasteiger partial charge in [0.2, 0.25) is 12.4 Å². The fraction of sp³-hybridized carbons (Fsp3) is 0.688.